The van der Waals surface area contributed by atoms with Crippen LogP contribution >= 0.6 is 23.2 Å². The zero-order valence-electron chi connectivity index (χ0n) is 14.1. The quantitative estimate of drug-likeness (QED) is 0.660. The summed E-state index contributed by atoms with van der Waals surface area (Å²) in [6, 6.07) is 11.5. The Morgan fingerprint density at radius 3 is 2.50 bits per heavy atom. The van der Waals surface area contributed by atoms with E-state index in [2.05, 4.69) is 44.3 Å². The van der Waals surface area contributed by atoms with Crippen LogP contribution in [-0.2, 0) is 4.79 Å². The van der Waals surface area contributed by atoms with E-state index in [9.17, 15) is 4.79 Å². The molecule has 4 heteroatoms. The van der Waals surface area contributed by atoms with Crippen molar-refractivity contribution >= 4 is 35.2 Å². The Morgan fingerprint density at radius 1 is 1.12 bits per heavy atom. The number of aryl methyl sites for hydroxylation is 2. The summed E-state index contributed by atoms with van der Waals surface area (Å²) in [5.74, 6) is -0.147. The van der Waals surface area contributed by atoms with Crippen molar-refractivity contribution in [1.29, 1.82) is 0 Å². The molecule has 0 aliphatic rings. The maximum absolute atomic E-state index is 12.2. The minimum atomic E-state index is -0.147. The lowest BCUT2D eigenvalue weighted by Gasteiger charge is -2.17. The number of rotatable bonds is 5. The number of hydrogen-bond acceptors (Lipinski definition) is 1. The van der Waals surface area contributed by atoms with Crippen molar-refractivity contribution in [1.82, 2.24) is 5.32 Å². The number of benzene rings is 2. The van der Waals surface area contributed by atoms with Crippen LogP contribution in [0.4, 0.5) is 0 Å². The van der Waals surface area contributed by atoms with Gasteiger partial charge in [-0.05, 0) is 60.7 Å². The highest BCUT2D eigenvalue weighted by Gasteiger charge is 2.12. The van der Waals surface area contributed by atoms with Crippen LogP contribution in [0.1, 0.15) is 41.6 Å². The Bertz CT molecular complexity index is 768. The Kier molecular flexibility index (Phi) is 6.47. The molecule has 0 radical (unpaired) electrons. The number of carbonyl (C=O) groups is 1. The minimum Gasteiger partial charge on any atom is -0.346 e. The van der Waals surface area contributed by atoms with Gasteiger partial charge in [0.1, 0.15) is 0 Å². The van der Waals surface area contributed by atoms with Crippen molar-refractivity contribution in [3.05, 3.63) is 74.8 Å². The van der Waals surface area contributed by atoms with Gasteiger partial charge in [0, 0.05) is 16.1 Å². The molecular formula is C20H21Cl2NO. The SMILES string of the molecule is CCC(NC(=O)/C=C/c1ccc(Cl)cc1Cl)c1ccc(C)c(C)c1. The minimum absolute atomic E-state index is 0.0119. The van der Waals surface area contributed by atoms with Gasteiger partial charge < -0.3 is 5.32 Å². The zero-order valence-corrected chi connectivity index (χ0v) is 15.6. The summed E-state index contributed by atoms with van der Waals surface area (Å²) in [6.07, 6.45) is 4.02. The van der Waals surface area contributed by atoms with Crippen LogP contribution in [0.3, 0.4) is 0 Å². The van der Waals surface area contributed by atoms with Crippen LogP contribution in [0.25, 0.3) is 6.08 Å². The Hall–Kier alpha value is -1.77. The van der Waals surface area contributed by atoms with Gasteiger partial charge in [0.05, 0.1) is 6.04 Å². The molecule has 0 spiro atoms. The maximum atomic E-state index is 12.2. The highest BCUT2D eigenvalue weighted by Crippen LogP contribution is 2.22. The first-order valence-corrected chi connectivity index (χ1v) is 8.67. The van der Waals surface area contributed by atoms with E-state index in [4.69, 9.17) is 23.2 Å². The van der Waals surface area contributed by atoms with Crippen molar-refractivity contribution in [2.75, 3.05) is 0 Å². The van der Waals surface area contributed by atoms with E-state index in [0.29, 0.717) is 10.0 Å². The lowest BCUT2D eigenvalue weighted by molar-refractivity contribution is -0.117. The van der Waals surface area contributed by atoms with Gasteiger partial charge in [0.15, 0.2) is 0 Å². The van der Waals surface area contributed by atoms with E-state index < -0.39 is 0 Å². The lowest BCUT2D eigenvalue weighted by atomic mass is 9.99. The van der Waals surface area contributed by atoms with Crippen LogP contribution < -0.4 is 5.32 Å². The van der Waals surface area contributed by atoms with E-state index in [1.807, 2.05) is 0 Å². The molecule has 1 atom stereocenters. The normalized spacial score (nSPS) is 12.4. The number of carbonyl (C=O) groups excluding carboxylic acids is 1. The molecule has 1 N–H and O–H groups in total. The molecule has 1 amide bonds. The van der Waals surface area contributed by atoms with E-state index in [-0.39, 0.29) is 11.9 Å². The lowest BCUT2D eigenvalue weighted by Crippen LogP contribution is -2.26. The topological polar surface area (TPSA) is 29.1 Å². The molecule has 0 saturated heterocycles. The highest BCUT2D eigenvalue weighted by atomic mass is 35.5. The molecule has 0 aliphatic carbocycles. The fourth-order valence-corrected chi connectivity index (χ4v) is 2.90. The van der Waals surface area contributed by atoms with Crippen LogP contribution in [0.15, 0.2) is 42.5 Å². The van der Waals surface area contributed by atoms with Crippen molar-refractivity contribution in [3.8, 4) is 0 Å². The van der Waals surface area contributed by atoms with E-state index in [1.165, 1.54) is 17.2 Å². The first-order valence-electron chi connectivity index (χ1n) is 7.91. The predicted molar refractivity (Wildman–Crippen MR) is 103 cm³/mol. The fourth-order valence-electron chi connectivity index (χ4n) is 2.42. The number of hydrogen-bond donors (Lipinski definition) is 1. The molecular weight excluding hydrogens is 341 g/mol. The van der Waals surface area contributed by atoms with E-state index in [0.717, 1.165) is 17.5 Å². The van der Waals surface area contributed by atoms with Crippen molar-refractivity contribution in [2.24, 2.45) is 0 Å². The molecule has 0 heterocycles. The summed E-state index contributed by atoms with van der Waals surface area (Å²) < 4.78 is 0. The average molecular weight is 362 g/mol. The summed E-state index contributed by atoms with van der Waals surface area (Å²) in [6.45, 7) is 6.22. The second-order valence-electron chi connectivity index (χ2n) is 5.81. The number of halogens is 2. The molecule has 2 nitrogen and oxygen atoms in total. The van der Waals surface area contributed by atoms with Gasteiger partial charge in [-0.3, -0.25) is 4.79 Å². The molecule has 2 aromatic carbocycles. The van der Waals surface area contributed by atoms with Crippen LogP contribution in [0.5, 0.6) is 0 Å². The van der Waals surface area contributed by atoms with Crippen molar-refractivity contribution in [3.63, 3.8) is 0 Å². The Morgan fingerprint density at radius 2 is 1.88 bits per heavy atom. The molecule has 0 bridgehead atoms. The van der Waals surface area contributed by atoms with Crippen LogP contribution in [-0.4, -0.2) is 5.91 Å². The third-order valence-electron chi connectivity index (χ3n) is 4.03. The molecule has 0 aromatic heterocycles. The third-order valence-corrected chi connectivity index (χ3v) is 4.60. The molecule has 2 rings (SSSR count). The summed E-state index contributed by atoms with van der Waals surface area (Å²) in [5.41, 5.74) is 4.35. The largest absolute Gasteiger partial charge is 0.346 e. The molecule has 126 valence electrons. The number of nitrogens with one attached hydrogen (secondary N) is 1. The third kappa shape index (κ3) is 4.86. The molecule has 0 fully saturated rings. The van der Waals surface area contributed by atoms with Gasteiger partial charge >= 0.3 is 0 Å². The summed E-state index contributed by atoms with van der Waals surface area (Å²) >= 11 is 12.0. The second kappa shape index (κ2) is 8.36. The fraction of sp³-hybridized carbons (Fsp3) is 0.250. The van der Waals surface area contributed by atoms with Crippen molar-refractivity contribution in [2.45, 2.75) is 33.2 Å². The molecule has 24 heavy (non-hydrogen) atoms. The monoisotopic (exact) mass is 361 g/mol. The zero-order chi connectivity index (χ0) is 17.7. The highest BCUT2D eigenvalue weighted by molar-refractivity contribution is 6.35. The molecule has 2 aromatic rings. The maximum Gasteiger partial charge on any atom is 0.244 e. The summed E-state index contributed by atoms with van der Waals surface area (Å²) in [4.78, 5) is 12.2. The van der Waals surface area contributed by atoms with Gasteiger partial charge in [-0.1, -0.05) is 54.4 Å². The van der Waals surface area contributed by atoms with Gasteiger partial charge in [-0.15, -0.1) is 0 Å². The van der Waals surface area contributed by atoms with Gasteiger partial charge in [-0.25, -0.2) is 0 Å². The van der Waals surface area contributed by atoms with Crippen LogP contribution in [0, 0.1) is 13.8 Å². The number of amides is 1. The summed E-state index contributed by atoms with van der Waals surface area (Å²) in [7, 11) is 0. The average Bonchev–Trinajstić information content (AvgIpc) is 2.54. The van der Waals surface area contributed by atoms with Gasteiger partial charge in [-0.2, -0.15) is 0 Å². The Labute approximate surface area is 153 Å². The van der Waals surface area contributed by atoms with E-state index in [1.54, 1.807) is 24.3 Å². The molecule has 0 aliphatic heterocycles. The van der Waals surface area contributed by atoms with Crippen LogP contribution in [0.2, 0.25) is 10.0 Å². The standard InChI is InChI=1S/C20H21Cl2NO/c1-4-19(16-6-5-13(2)14(3)11-16)23-20(24)10-8-15-7-9-17(21)12-18(15)22/h5-12,19H,4H2,1-3H3,(H,23,24)/b10-8+. The van der Waals surface area contributed by atoms with Gasteiger partial charge in [0.25, 0.3) is 0 Å². The molecule has 1 unspecified atom stereocenters. The first-order chi connectivity index (χ1) is 11.4. The second-order valence-corrected chi connectivity index (χ2v) is 6.66. The van der Waals surface area contributed by atoms with E-state index >= 15 is 0 Å². The molecule has 0 saturated carbocycles. The smallest absolute Gasteiger partial charge is 0.244 e. The summed E-state index contributed by atoms with van der Waals surface area (Å²) in [5, 5.41) is 4.13. The first kappa shape index (κ1) is 18.6. The van der Waals surface area contributed by atoms with Crippen molar-refractivity contribution < 1.29 is 4.79 Å². The van der Waals surface area contributed by atoms with Gasteiger partial charge in [0.2, 0.25) is 5.91 Å². The predicted octanol–water partition coefficient (Wildman–Crippen LogP) is 5.89. The Balaban J connectivity index is 2.08.